The summed E-state index contributed by atoms with van der Waals surface area (Å²) in [5.41, 5.74) is 0.905. The molecule has 0 saturated carbocycles. The predicted molar refractivity (Wildman–Crippen MR) is 105 cm³/mol. The van der Waals surface area contributed by atoms with E-state index in [0.717, 1.165) is 18.4 Å². The summed E-state index contributed by atoms with van der Waals surface area (Å²) in [6, 6.07) is 9.71. The average molecular weight is 404 g/mol. The minimum atomic E-state index is -3.66. The number of ether oxygens (including phenoxy) is 1. The van der Waals surface area contributed by atoms with Crippen LogP contribution in [0.2, 0.25) is 0 Å². The zero-order valence-corrected chi connectivity index (χ0v) is 16.7. The van der Waals surface area contributed by atoms with Crippen molar-refractivity contribution in [3.63, 3.8) is 0 Å². The van der Waals surface area contributed by atoms with Crippen LogP contribution in [-0.2, 0) is 21.4 Å². The van der Waals surface area contributed by atoms with Crippen LogP contribution in [0.1, 0.15) is 31.2 Å². The van der Waals surface area contributed by atoms with E-state index in [-0.39, 0.29) is 23.3 Å². The van der Waals surface area contributed by atoms with E-state index >= 15 is 0 Å². The number of pyridine rings is 1. The Balaban J connectivity index is 1.67. The van der Waals surface area contributed by atoms with E-state index in [2.05, 4.69) is 10.3 Å². The van der Waals surface area contributed by atoms with Gasteiger partial charge in [0.05, 0.1) is 12.0 Å². The second-order valence-corrected chi connectivity index (χ2v) is 8.67. The van der Waals surface area contributed by atoms with Crippen molar-refractivity contribution in [1.82, 2.24) is 14.6 Å². The lowest BCUT2D eigenvalue weighted by Gasteiger charge is -2.34. The fourth-order valence-electron chi connectivity index (χ4n) is 3.37. The molecule has 0 radical (unpaired) electrons. The first-order chi connectivity index (χ1) is 13.5. The zero-order valence-electron chi connectivity index (χ0n) is 15.9. The molecule has 2 heterocycles. The maximum Gasteiger partial charge on any atom is 0.243 e. The highest BCUT2D eigenvalue weighted by Crippen LogP contribution is 2.28. The van der Waals surface area contributed by atoms with Crippen LogP contribution in [0, 0.1) is 0 Å². The minimum absolute atomic E-state index is 0.148. The van der Waals surface area contributed by atoms with Crippen LogP contribution in [0.25, 0.3) is 0 Å². The first-order valence-corrected chi connectivity index (χ1v) is 10.8. The van der Waals surface area contributed by atoms with Gasteiger partial charge in [0, 0.05) is 37.9 Å². The molecule has 1 aliphatic rings. The van der Waals surface area contributed by atoms with Gasteiger partial charge in [0.25, 0.3) is 0 Å². The van der Waals surface area contributed by atoms with Crippen LogP contribution >= 0.6 is 0 Å². The van der Waals surface area contributed by atoms with Crippen LogP contribution in [0.3, 0.4) is 0 Å². The van der Waals surface area contributed by atoms with Gasteiger partial charge in [-0.05, 0) is 48.7 Å². The van der Waals surface area contributed by atoms with Crippen LogP contribution < -0.4 is 10.1 Å². The number of sulfonamides is 1. The highest BCUT2D eigenvalue weighted by Gasteiger charge is 2.34. The number of carbonyl (C=O) groups is 1. The van der Waals surface area contributed by atoms with Crippen molar-refractivity contribution in [2.75, 3.05) is 13.7 Å². The molecule has 7 nitrogen and oxygen atoms in total. The van der Waals surface area contributed by atoms with E-state index in [4.69, 9.17) is 4.74 Å². The Kier molecular flexibility index (Phi) is 6.64. The summed E-state index contributed by atoms with van der Waals surface area (Å²) in [6.45, 7) is 0.805. The number of rotatable bonds is 7. The third-order valence-electron chi connectivity index (χ3n) is 4.87. The summed E-state index contributed by atoms with van der Waals surface area (Å²) in [6.07, 6.45) is 5.90. The largest absolute Gasteiger partial charge is 0.497 e. The number of hydrogen-bond donors (Lipinski definition) is 1. The number of nitrogens with one attached hydrogen (secondary N) is 1. The normalized spacial score (nSPS) is 17.8. The number of nitrogens with zero attached hydrogens (tertiary/aromatic N) is 2. The standard InChI is InChI=1S/C20H25N3O4S/c1-27-18-7-9-19(10-8-18)28(25,26)23-12-3-2-6-17(23)13-20(24)22-15-16-5-4-11-21-14-16/h4-5,7-11,14,17H,2-3,6,12-13,15H2,1H3,(H,22,24)/t17-/m1/s1. The van der Waals surface area contributed by atoms with Crippen molar-refractivity contribution >= 4 is 15.9 Å². The van der Waals surface area contributed by atoms with Gasteiger partial charge >= 0.3 is 0 Å². The SMILES string of the molecule is COc1ccc(S(=O)(=O)N2CCCC[C@@H]2CC(=O)NCc2cccnc2)cc1. The summed E-state index contributed by atoms with van der Waals surface area (Å²) < 4.78 is 32.8. The molecular weight excluding hydrogens is 378 g/mol. The van der Waals surface area contributed by atoms with Crippen LogP contribution in [-0.4, -0.2) is 43.3 Å². The molecule has 1 aromatic heterocycles. The zero-order chi connectivity index (χ0) is 20.0. The molecule has 1 aliphatic heterocycles. The lowest BCUT2D eigenvalue weighted by atomic mass is 10.0. The van der Waals surface area contributed by atoms with E-state index < -0.39 is 10.0 Å². The van der Waals surface area contributed by atoms with Gasteiger partial charge < -0.3 is 10.1 Å². The third kappa shape index (κ3) is 4.88. The van der Waals surface area contributed by atoms with Crippen molar-refractivity contribution in [3.8, 4) is 5.75 Å². The van der Waals surface area contributed by atoms with Gasteiger partial charge in [0.15, 0.2) is 0 Å². The van der Waals surface area contributed by atoms with Crippen molar-refractivity contribution in [1.29, 1.82) is 0 Å². The monoisotopic (exact) mass is 403 g/mol. The molecule has 0 bridgehead atoms. The van der Waals surface area contributed by atoms with E-state index in [0.29, 0.717) is 25.3 Å². The highest BCUT2D eigenvalue weighted by atomic mass is 32.2. The van der Waals surface area contributed by atoms with E-state index in [1.54, 1.807) is 36.7 Å². The number of piperidine rings is 1. The van der Waals surface area contributed by atoms with Gasteiger partial charge in [0.1, 0.15) is 5.75 Å². The van der Waals surface area contributed by atoms with E-state index in [9.17, 15) is 13.2 Å². The molecule has 1 amide bonds. The van der Waals surface area contributed by atoms with Gasteiger partial charge in [-0.3, -0.25) is 9.78 Å². The molecule has 1 fully saturated rings. The number of methoxy groups -OCH3 is 1. The van der Waals surface area contributed by atoms with Crippen molar-refractivity contribution in [3.05, 3.63) is 54.4 Å². The molecule has 1 N–H and O–H groups in total. The fourth-order valence-corrected chi connectivity index (χ4v) is 5.06. The van der Waals surface area contributed by atoms with Gasteiger partial charge in [-0.15, -0.1) is 0 Å². The molecule has 28 heavy (non-hydrogen) atoms. The Morgan fingerprint density at radius 1 is 1.25 bits per heavy atom. The second kappa shape index (κ2) is 9.16. The van der Waals surface area contributed by atoms with Crippen molar-refractivity contribution < 1.29 is 17.9 Å². The molecule has 1 atom stereocenters. The Labute approximate surface area is 165 Å². The average Bonchev–Trinajstić information content (AvgIpc) is 2.73. The first-order valence-electron chi connectivity index (χ1n) is 9.32. The molecular formula is C20H25N3O4S. The van der Waals surface area contributed by atoms with E-state index in [1.807, 2.05) is 12.1 Å². The Bertz CT molecular complexity index is 885. The lowest BCUT2D eigenvalue weighted by molar-refractivity contribution is -0.122. The van der Waals surface area contributed by atoms with Gasteiger partial charge in [-0.25, -0.2) is 8.42 Å². The molecule has 0 unspecified atom stereocenters. The van der Waals surface area contributed by atoms with Gasteiger partial charge in [-0.2, -0.15) is 4.31 Å². The van der Waals surface area contributed by atoms with Gasteiger partial charge in [0.2, 0.25) is 15.9 Å². The smallest absolute Gasteiger partial charge is 0.243 e. The minimum Gasteiger partial charge on any atom is -0.497 e. The number of hydrogen-bond acceptors (Lipinski definition) is 5. The number of benzene rings is 1. The predicted octanol–water partition coefficient (Wildman–Crippen LogP) is 2.34. The second-order valence-electron chi connectivity index (χ2n) is 6.78. The van der Waals surface area contributed by atoms with Crippen LogP contribution in [0.15, 0.2) is 53.7 Å². The molecule has 2 aromatic rings. The quantitative estimate of drug-likeness (QED) is 0.767. The molecule has 8 heteroatoms. The molecule has 1 aromatic carbocycles. The maximum absolute atomic E-state index is 13.1. The summed E-state index contributed by atoms with van der Waals surface area (Å²) in [7, 11) is -2.13. The molecule has 0 aliphatic carbocycles. The van der Waals surface area contributed by atoms with Crippen molar-refractivity contribution in [2.24, 2.45) is 0 Å². The topological polar surface area (TPSA) is 88.6 Å². The lowest BCUT2D eigenvalue weighted by Crippen LogP contribution is -2.45. The molecule has 3 rings (SSSR count). The van der Waals surface area contributed by atoms with E-state index in [1.165, 1.54) is 11.4 Å². The Hall–Kier alpha value is -2.45. The number of carbonyl (C=O) groups excluding carboxylic acids is 1. The summed E-state index contributed by atoms with van der Waals surface area (Å²) in [5, 5.41) is 2.86. The summed E-state index contributed by atoms with van der Waals surface area (Å²) in [5.74, 6) is 0.439. The van der Waals surface area contributed by atoms with Crippen LogP contribution in [0.5, 0.6) is 5.75 Å². The number of amides is 1. The van der Waals surface area contributed by atoms with Gasteiger partial charge in [-0.1, -0.05) is 12.5 Å². The summed E-state index contributed by atoms with van der Waals surface area (Å²) in [4.78, 5) is 16.6. The fraction of sp³-hybridized carbons (Fsp3) is 0.400. The molecule has 150 valence electrons. The molecule has 0 spiro atoms. The third-order valence-corrected chi connectivity index (χ3v) is 6.84. The van der Waals surface area contributed by atoms with Crippen molar-refractivity contribution in [2.45, 2.75) is 43.2 Å². The van der Waals surface area contributed by atoms with Crippen LogP contribution in [0.4, 0.5) is 0 Å². The summed E-state index contributed by atoms with van der Waals surface area (Å²) >= 11 is 0. The molecule has 1 saturated heterocycles. The number of aromatic nitrogens is 1. The maximum atomic E-state index is 13.1. The highest BCUT2D eigenvalue weighted by molar-refractivity contribution is 7.89. The Morgan fingerprint density at radius 2 is 2.04 bits per heavy atom. The first kappa shape index (κ1) is 20.3. The Morgan fingerprint density at radius 3 is 2.71 bits per heavy atom.